The fourth-order valence-electron chi connectivity index (χ4n) is 3.07. The van der Waals surface area contributed by atoms with E-state index in [9.17, 15) is 17.9 Å². The van der Waals surface area contributed by atoms with Crippen molar-refractivity contribution in [3.63, 3.8) is 0 Å². The van der Waals surface area contributed by atoms with Crippen molar-refractivity contribution in [2.24, 2.45) is 0 Å². The quantitative estimate of drug-likeness (QED) is 0.636. The number of aromatic hydroxyl groups is 1. The van der Waals surface area contributed by atoms with Gasteiger partial charge in [0.1, 0.15) is 0 Å². The van der Waals surface area contributed by atoms with Crippen molar-refractivity contribution >= 4 is 26.6 Å². The summed E-state index contributed by atoms with van der Waals surface area (Å²) in [5.74, 6) is -1.12. The molecule has 4 rings (SSSR count). The summed E-state index contributed by atoms with van der Waals surface area (Å²) in [6.07, 6.45) is 3.47. The van der Waals surface area contributed by atoms with Gasteiger partial charge in [0, 0.05) is 5.39 Å². The molecule has 3 aromatic rings. The lowest BCUT2D eigenvalue weighted by atomic mass is 9.96. The first-order chi connectivity index (χ1) is 12.4. The summed E-state index contributed by atoms with van der Waals surface area (Å²) in [4.78, 5) is 0. The summed E-state index contributed by atoms with van der Waals surface area (Å²) in [6, 6.07) is 6.14. The Balaban J connectivity index is 1.88. The van der Waals surface area contributed by atoms with Gasteiger partial charge >= 0.3 is 0 Å². The first-order valence-electron chi connectivity index (χ1n) is 8.39. The highest BCUT2D eigenvalue weighted by atomic mass is 32.2. The van der Waals surface area contributed by atoms with Gasteiger partial charge in [0.05, 0.1) is 22.7 Å². The van der Waals surface area contributed by atoms with Gasteiger partial charge in [-0.05, 0) is 60.2 Å². The van der Waals surface area contributed by atoms with Crippen LogP contribution in [0.3, 0.4) is 0 Å². The lowest BCUT2D eigenvalue weighted by molar-refractivity contribution is 0.432. The predicted octanol–water partition coefficient (Wildman–Crippen LogP) is 3.54. The molecule has 1 aliphatic rings. The molecule has 0 radical (unpaired) electrons. The number of sulfonamides is 1. The first-order valence-corrected chi connectivity index (χ1v) is 9.94. The number of H-pyrrole nitrogens is 1. The van der Waals surface area contributed by atoms with Crippen LogP contribution >= 0.6 is 0 Å². The number of aromatic amines is 1. The molecule has 0 bridgehead atoms. The van der Waals surface area contributed by atoms with Gasteiger partial charge in [-0.1, -0.05) is 6.92 Å². The Labute approximate surface area is 150 Å². The second-order valence-electron chi connectivity index (χ2n) is 6.52. The zero-order valence-corrected chi connectivity index (χ0v) is 14.9. The average molecular weight is 375 g/mol. The van der Waals surface area contributed by atoms with Crippen LogP contribution in [0, 0.1) is 5.82 Å². The van der Waals surface area contributed by atoms with Crippen LogP contribution in [-0.4, -0.2) is 29.0 Å². The van der Waals surface area contributed by atoms with E-state index in [1.165, 1.54) is 12.1 Å². The number of nitrogens with one attached hydrogen (secondary N) is 2. The third kappa shape index (κ3) is 2.90. The molecule has 2 aromatic carbocycles. The maximum atomic E-state index is 13.9. The van der Waals surface area contributed by atoms with Crippen LogP contribution in [0.2, 0.25) is 0 Å². The van der Waals surface area contributed by atoms with Crippen molar-refractivity contribution in [1.82, 2.24) is 10.2 Å². The lowest BCUT2D eigenvalue weighted by Gasteiger charge is -2.13. The molecule has 0 spiro atoms. The number of aromatic nitrogens is 2. The van der Waals surface area contributed by atoms with E-state index < -0.39 is 21.6 Å². The fraction of sp³-hybridized carbons (Fsp3) is 0.278. The normalized spacial score (nSPS) is 14.7. The van der Waals surface area contributed by atoms with Crippen LogP contribution in [0.15, 0.2) is 30.5 Å². The molecule has 0 atom stereocenters. The largest absolute Gasteiger partial charge is 0.505 e. The van der Waals surface area contributed by atoms with E-state index in [2.05, 4.69) is 14.9 Å². The Bertz CT molecular complexity index is 1100. The molecule has 136 valence electrons. The molecule has 6 nitrogen and oxygen atoms in total. The number of hydrogen-bond acceptors (Lipinski definition) is 4. The molecule has 0 aliphatic heterocycles. The van der Waals surface area contributed by atoms with E-state index in [0.29, 0.717) is 47.0 Å². The van der Waals surface area contributed by atoms with Gasteiger partial charge in [-0.15, -0.1) is 0 Å². The summed E-state index contributed by atoms with van der Waals surface area (Å²) in [5, 5.41) is 16.8. The van der Waals surface area contributed by atoms with Crippen molar-refractivity contribution in [3.8, 4) is 16.9 Å². The Kier molecular flexibility index (Phi) is 3.87. The van der Waals surface area contributed by atoms with E-state index in [-0.39, 0.29) is 5.25 Å². The lowest BCUT2D eigenvalue weighted by Crippen LogP contribution is -2.17. The molecular formula is C18H18FN3O3S. The smallest absolute Gasteiger partial charge is 0.235 e. The first kappa shape index (κ1) is 16.8. The molecule has 0 saturated heterocycles. The minimum atomic E-state index is -3.44. The molecule has 26 heavy (non-hydrogen) atoms. The third-order valence-electron chi connectivity index (χ3n) is 4.64. The highest BCUT2D eigenvalue weighted by Gasteiger charge is 2.36. The number of phenols is 1. The number of hydrogen-bond donors (Lipinski definition) is 3. The third-order valence-corrected chi connectivity index (χ3v) is 6.49. The van der Waals surface area contributed by atoms with Gasteiger partial charge in [-0.2, -0.15) is 5.10 Å². The van der Waals surface area contributed by atoms with Crippen molar-refractivity contribution in [2.75, 3.05) is 4.72 Å². The van der Waals surface area contributed by atoms with Crippen LogP contribution in [0.25, 0.3) is 22.0 Å². The zero-order chi connectivity index (χ0) is 18.5. The van der Waals surface area contributed by atoms with E-state index >= 15 is 0 Å². The Morgan fingerprint density at radius 1 is 1.31 bits per heavy atom. The molecule has 1 aromatic heterocycles. The summed E-state index contributed by atoms with van der Waals surface area (Å²) in [6.45, 7) is 1.90. The fourth-order valence-corrected chi connectivity index (χ4v) is 4.47. The monoisotopic (exact) mass is 375 g/mol. The SMILES string of the molecule is CCc1cc(O)c(F)cc1-c1cc(NS(=O)(=O)C2CC2)c2cn[nH]c2c1. The number of aryl methyl sites for hydroxylation is 1. The van der Waals surface area contributed by atoms with Crippen molar-refractivity contribution in [3.05, 3.63) is 41.8 Å². The molecule has 1 saturated carbocycles. The average Bonchev–Trinajstić information content (AvgIpc) is 3.36. The number of benzene rings is 2. The second kappa shape index (κ2) is 5.98. The number of rotatable bonds is 5. The predicted molar refractivity (Wildman–Crippen MR) is 98.1 cm³/mol. The standard InChI is InChI=1S/C18H18FN3O3S/c1-2-10-7-18(23)15(19)8-13(10)11-5-16-14(9-20-21-16)17(6-11)22-26(24,25)12-3-4-12/h5-9,12,22-23H,2-4H2,1H3,(H,20,21). The number of nitrogens with zero attached hydrogens (tertiary/aromatic N) is 1. The van der Waals surface area contributed by atoms with Gasteiger partial charge in [0.25, 0.3) is 0 Å². The number of fused-ring (bicyclic) bond motifs is 1. The molecule has 3 N–H and O–H groups in total. The molecule has 1 fully saturated rings. The van der Waals surface area contributed by atoms with Crippen LogP contribution in [-0.2, 0) is 16.4 Å². The van der Waals surface area contributed by atoms with Gasteiger partial charge in [0.2, 0.25) is 10.0 Å². The second-order valence-corrected chi connectivity index (χ2v) is 8.48. The van der Waals surface area contributed by atoms with Gasteiger partial charge in [-0.25, -0.2) is 12.8 Å². The van der Waals surface area contributed by atoms with Gasteiger partial charge in [0.15, 0.2) is 11.6 Å². The maximum Gasteiger partial charge on any atom is 0.235 e. The molecule has 1 heterocycles. The molecule has 8 heteroatoms. The molecule has 0 unspecified atom stereocenters. The van der Waals surface area contributed by atoms with E-state index in [4.69, 9.17) is 0 Å². The van der Waals surface area contributed by atoms with E-state index in [1.807, 2.05) is 6.92 Å². The Hall–Kier alpha value is -2.61. The topological polar surface area (TPSA) is 95.1 Å². The van der Waals surface area contributed by atoms with Crippen LogP contribution in [0.5, 0.6) is 5.75 Å². The highest BCUT2D eigenvalue weighted by molar-refractivity contribution is 7.93. The maximum absolute atomic E-state index is 13.9. The van der Waals surface area contributed by atoms with Gasteiger partial charge < -0.3 is 5.11 Å². The van der Waals surface area contributed by atoms with E-state index in [1.54, 1.807) is 18.3 Å². The molecule has 1 aliphatic carbocycles. The van der Waals surface area contributed by atoms with Crippen molar-refractivity contribution < 1.29 is 17.9 Å². The molecular weight excluding hydrogens is 357 g/mol. The van der Waals surface area contributed by atoms with Crippen molar-refractivity contribution in [2.45, 2.75) is 31.4 Å². The van der Waals surface area contributed by atoms with Crippen LogP contribution in [0.1, 0.15) is 25.3 Å². The van der Waals surface area contributed by atoms with Crippen molar-refractivity contribution in [1.29, 1.82) is 0 Å². The zero-order valence-electron chi connectivity index (χ0n) is 14.1. The highest BCUT2D eigenvalue weighted by Crippen LogP contribution is 2.36. The summed E-state index contributed by atoms with van der Waals surface area (Å²) < 4.78 is 41.3. The number of halogens is 1. The summed E-state index contributed by atoms with van der Waals surface area (Å²) in [7, 11) is -3.44. The minimum absolute atomic E-state index is 0.356. The summed E-state index contributed by atoms with van der Waals surface area (Å²) >= 11 is 0. The van der Waals surface area contributed by atoms with Gasteiger partial charge in [-0.3, -0.25) is 9.82 Å². The number of anilines is 1. The van der Waals surface area contributed by atoms with Crippen LogP contribution < -0.4 is 4.72 Å². The number of phenolic OH excluding ortho intramolecular Hbond substituents is 1. The Morgan fingerprint density at radius 3 is 2.77 bits per heavy atom. The Morgan fingerprint density at radius 2 is 2.08 bits per heavy atom. The van der Waals surface area contributed by atoms with E-state index in [0.717, 1.165) is 5.56 Å². The molecule has 0 amide bonds. The summed E-state index contributed by atoms with van der Waals surface area (Å²) in [5.41, 5.74) is 3.07. The minimum Gasteiger partial charge on any atom is -0.505 e. The van der Waals surface area contributed by atoms with Crippen LogP contribution in [0.4, 0.5) is 10.1 Å².